The molecule has 1 aliphatic rings. The van der Waals surface area contributed by atoms with Gasteiger partial charge in [0, 0.05) is 12.6 Å². The topological polar surface area (TPSA) is 28.4 Å². The molecule has 0 radical (unpaired) electrons. The van der Waals surface area contributed by atoms with Gasteiger partial charge in [0.25, 0.3) is 0 Å². The Kier molecular flexibility index (Phi) is 4.65. The van der Waals surface area contributed by atoms with Crippen LogP contribution in [0.5, 0.6) is 0 Å². The van der Waals surface area contributed by atoms with Crippen LogP contribution in [0.25, 0.3) is 0 Å². The largest absolute Gasteiger partial charge is 0.453 e. The number of halogens is 1. The summed E-state index contributed by atoms with van der Waals surface area (Å²) < 4.78 is 6.42. The molecule has 1 saturated heterocycles. The lowest BCUT2D eigenvalue weighted by Crippen LogP contribution is -2.43. The Hall–Kier alpha value is -0.320. The second-order valence-corrected chi connectivity index (χ2v) is 5.69. The fourth-order valence-corrected chi connectivity index (χ4v) is 2.67. The standard InChI is InChI=1S/C13H21BrN2O/c1-10(12-6-7-13(14)17-12)16(2)9-11-5-3-4-8-15-11/h6-7,10-11,15H,3-5,8-9H2,1-2H3. The summed E-state index contributed by atoms with van der Waals surface area (Å²) in [6, 6.07) is 4.96. The quantitative estimate of drug-likeness (QED) is 0.926. The smallest absolute Gasteiger partial charge is 0.169 e. The van der Waals surface area contributed by atoms with Crippen molar-refractivity contribution in [3.05, 3.63) is 22.6 Å². The molecule has 1 aliphatic heterocycles. The fourth-order valence-electron chi connectivity index (χ4n) is 2.36. The van der Waals surface area contributed by atoms with Crippen LogP contribution in [0.2, 0.25) is 0 Å². The summed E-state index contributed by atoms with van der Waals surface area (Å²) in [5.41, 5.74) is 0. The summed E-state index contributed by atoms with van der Waals surface area (Å²) in [4.78, 5) is 2.36. The van der Waals surface area contributed by atoms with Crippen LogP contribution >= 0.6 is 15.9 Å². The van der Waals surface area contributed by atoms with E-state index in [-0.39, 0.29) is 0 Å². The molecule has 96 valence electrons. The van der Waals surface area contributed by atoms with E-state index in [1.807, 2.05) is 12.1 Å². The first-order valence-corrected chi connectivity index (χ1v) is 7.15. The lowest BCUT2D eigenvalue weighted by molar-refractivity contribution is 0.194. The minimum Gasteiger partial charge on any atom is -0.453 e. The molecule has 0 saturated carbocycles. The lowest BCUT2D eigenvalue weighted by atomic mass is 10.0. The van der Waals surface area contributed by atoms with E-state index in [0.29, 0.717) is 12.1 Å². The molecule has 4 heteroatoms. The number of hydrogen-bond donors (Lipinski definition) is 1. The van der Waals surface area contributed by atoms with Crippen molar-refractivity contribution >= 4 is 15.9 Å². The first-order valence-electron chi connectivity index (χ1n) is 6.35. The number of hydrogen-bond acceptors (Lipinski definition) is 3. The molecule has 1 aromatic rings. The van der Waals surface area contributed by atoms with Crippen molar-refractivity contribution in [1.82, 2.24) is 10.2 Å². The fraction of sp³-hybridized carbons (Fsp3) is 0.692. The van der Waals surface area contributed by atoms with Gasteiger partial charge in [-0.05, 0) is 61.4 Å². The number of nitrogens with one attached hydrogen (secondary N) is 1. The summed E-state index contributed by atoms with van der Waals surface area (Å²) in [5, 5.41) is 3.58. The first kappa shape index (κ1) is 13.1. The zero-order valence-electron chi connectivity index (χ0n) is 10.6. The predicted octanol–water partition coefficient (Wildman–Crippen LogP) is 3.18. The van der Waals surface area contributed by atoms with Crippen molar-refractivity contribution in [1.29, 1.82) is 0 Å². The second kappa shape index (κ2) is 6.03. The van der Waals surface area contributed by atoms with Crippen molar-refractivity contribution in [2.24, 2.45) is 0 Å². The number of nitrogens with zero attached hydrogens (tertiary/aromatic N) is 1. The molecule has 2 unspecified atom stereocenters. The van der Waals surface area contributed by atoms with Gasteiger partial charge in [0.15, 0.2) is 4.67 Å². The lowest BCUT2D eigenvalue weighted by Gasteiger charge is -2.30. The molecule has 17 heavy (non-hydrogen) atoms. The number of likely N-dealkylation sites (N-methyl/N-ethyl adjacent to an activating group) is 1. The van der Waals surface area contributed by atoms with Crippen molar-refractivity contribution in [3.8, 4) is 0 Å². The van der Waals surface area contributed by atoms with Crippen LogP contribution in [0.3, 0.4) is 0 Å². The third-order valence-electron chi connectivity index (χ3n) is 3.59. The van der Waals surface area contributed by atoms with Crippen LogP contribution < -0.4 is 5.32 Å². The molecule has 0 bridgehead atoms. The highest BCUT2D eigenvalue weighted by atomic mass is 79.9. The second-order valence-electron chi connectivity index (χ2n) is 4.90. The highest BCUT2D eigenvalue weighted by Gasteiger charge is 2.20. The molecule has 2 rings (SSSR count). The molecular formula is C13H21BrN2O. The number of rotatable bonds is 4. The molecular weight excluding hydrogens is 280 g/mol. The van der Waals surface area contributed by atoms with E-state index in [4.69, 9.17) is 4.42 Å². The van der Waals surface area contributed by atoms with Crippen LogP contribution in [0, 0.1) is 0 Å². The zero-order valence-corrected chi connectivity index (χ0v) is 12.2. The Bertz CT molecular complexity index is 347. The van der Waals surface area contributed by atoms with E-state index in [2.05, 4.69) is 40.1 Å². The Labute approximate surface area is 112 Å². The zero-order chi connectivity index (χ0) is 12.3. The van der Waals surface area contributed by atoms with E-state index >= 15 is 0 Å². The van der Waals surface area contributed by atoms with Crippen LogP contribution in [-0.4, -0.2) is 31.1 Å². The Morgan fingerprint density at radius 2 is 2.35 bits per heavy atom. The van der Waals surface area contributed by atoms with Crippen LogP contribution in [0.1, 0.15) is 38.0 Å². The molecule has 1 fully saturated rings. The van der Waals surface area contributed by atoms with Gasteiger partial charge in [-0.25, -0.2) is 0 Å². The Balaban J connectivity index is 1.88. The molecule has 0 spiro atoms. The van der Waals surface area contributed by atoms with Gasteiger partial charge < -0.3 is 9.73 Å². The van der Waals surface area contributed by atoms with Gasteiger partial charge in [-0.15, -0.1) is 0 Å². The van der Waals surface area contributed by atoms with E-state index in [9.17, 15) is 0 Å². The minimum absolute atomic E-state index is 0.324. The van der Waals surface area contributed by atoms with E-state index in [1.54, 1.807) is 0 Å². The van der Waals surface area contributed by atoms with Gasteiger partial charge in [-0.1, -0.05) is 6.42 Å². The van der Waals surface area contributed by atoms with Crippen molar-refractivity contribution < 1.29 is 4.42 Å². The summed E-state index contributed by atoms with van der Waals surface area (Å²) in [6.45, 7) is 4.44. The van der Waals surface area contributed by atoms with Crippen LogP contribution in [0.4, 0.5) is 0 Å². The summed E-state index contributed by atoms with van der Waals surface area (Å²) >= 11 is 3.35. The average molecular weight is 301 g/mol. The maximum atomic E-state index is 5.61. The van der Waals surface area contributed by atoms with Gasteiger partial charge in [-0.2, -0.15) is 0 Å². The SMILES string of the molecule is CC(c1ccc(Br)o1)N(C)CC1CCCCN1. The third-order valence-corrected chi connectivity index (χ3v) is 4.01. The number of piperidine rings is 1. The molecule has 0 aromatic carbocycles. The van der Waals surface area contributed by atoms with E-state index < -0.39 is 0 Å². The van der Waals surface area contributed by atoms with Gasteiger partial charge in [-0.3, -0.25) is 4.90 Å². The molecule has 2 heterocycles. The average Bonchev–Trinajstić information content (AvgIpc) is 2.76. The van der Waals surface area contributed by atoms with Crippen molar-refractivity contribution in [2.45, 2.75) is 38.3 Å². The van der Waals surface area contributed by atoms with Crippen LogP contribution in [-0.2, 0) is 0 Å². The van der Waals surface area contributed by atoms with Gasteiger partial charge in [0.05, 0.1) is 6.04 Å². The highest BCUT2D eigenvalue weighted by Crippen LogP contribution is 2.24. The maximum Gasteiger partial charge on any atom is 0.169 e. The third kappa shape index (κ3) is 3.57. The Morgan fingerprint density at radius 3 is 2.94 bits per heavy atom. The molecule has 3 nitrogen and oxygen atoms in total. The van der Waals surface area contributed by atoms with Gasteiger partial charge >= 0.3 is 0 Å². The monoisotopic (exact) mass is 300 g/mol. The molecule has 0 amide bonds. The van der Waals surface area contributed by atoms with Crippen molar-refractivity contribution in [3.63, 3.8) is 0 Å². The van der Waals surface area contributed by atoms with Crippen molar-refractivity contribution in [2.75, 3.05) is 20.1 Å². The number of furan rings is 1. The van der Waals surface area contributed by atoms with E-state index in [1.165, 1.54) is 25.8 Å². The summed E-state index contributed by atoms with van der Waals surface area (Å²) in [7, 11) is 2.16. The van der Waals surface area contributed by atoms with E-state index in [0.717, 1.165) is 17.0 Å². The molecule has 1 aromatic heterocycles. The summed E-state index contributed by atoms with van der Waals surface area (Å²) in [6.07, 6.45) is 3.96. The Morgan fingerprint density at radius 1 is 1.53 bits per heavy atom. The van der Waals surface area contributed by atoms with Gasteiger partial charge in [0.1, 0.15) is 5.76 Å². The maximum absolute atomic E-state index is 5.61. The highest BCUT2D eigenvalue weighted by molar-refractivity contribution is 9.10. The minimum atomic E-state index is 0.324. The normalized spacial score (nSPS) is 22.9. The predicted molar refractivity (Wildman–Crippen MR) is 73.1 cm³/mol. The van der Waals surface area contributed by atoms with Crippen LogP contribution in [0.15, 0.2) is 21.2 Å². The first-order chi connectivity index (χ1) is 8.16. The molecule has 1 N–H and O–H groups in total. The van der Waals surface area contributed by atoms with Gasteiger partial charge in [0.2, 0.25) is 0 Å². The molecule has 0 aliphatic carbocycles. The summed E-state index contributed by atoms with van der Waals surface area (Å²) in [5.74, 6) is 1.02. The molecule has 2 atom stereocenters.